The molecule has 1 aromatic carbocycles. The summed E-state index contributed by atoms with van der Waals surface area (Å²) in [7, 11) is 0.148. The van der Waals surface area contributed by atoms with Crippen LogP contribution in [0.2, 0.25) is 0 Å². The van der Waals surface area contributed by atoms with Gasteiger partial charge in [0.2, 0.25) is 15.9 Å². The van der Waals surface area contributed by atoms with Crippen molar-refractivity contribution in [3.63, 3.8) is 0 Å². The monoisotopic (exact) mass is 397 g/mol. The molecule has 2 rings (SSSR count). The van der Waals surface area contributed by atoms with Crippen molar-refractivity contribution in [2.24, 2.45) is 0 Å². The Morgan fingerprint density at radius 2 is 1.78 bits per heavy atom. The fourth-order valence-electron chi connectivity index (χ4n) is 3.88. The summed E-state index contributed by atoms with van der Waals surface area (Å²) in [5.74, 6) is -0.193. The lowest BCUT2D eigenvalue weighted by Crippen LogP contribution is -2.69. The number of aliphatic hydroxyl groups is 1. The van der Waals surface area contributed by atoms with Crippen molar-refractivity contribution in [1.82, 2.24) is 14.1 Å². The molecule has 1 amide bonds. The highest BCUT2D eigenvalue weighted by atomic mass is 32.2. The van der Waals surface area contributed by atoms with Crippen molar-refractivity contribution in [3.8, 4) is 0 Å². The number of benzene rings is 1. The SMILES string of the molecule is CC(C)N(C[C@H]1[C@H](c2ccccc2)[C@H](CO)N1S(C)(=O)=O)C(=O)CN(C)C. The number of sulfonamides is 1. The predicted octanol–water partition coefficient (Wildman–Crippen LogP) is 0.574. The van der Waals surface area contributed by atoms with Crippen molar-refractivity contribution in [2.45, 2.75) is 37.9 Å². The van der Waals surface area contributed by atoms with Crippen LogP contribution in [0, 0.1) is 0 Å². The summed E-state index contributed by atoms with van der Waals surface area (Å²) in [5, 5.41) is 9.85. The van der Waals surface area contributed by atoms with Gasteiger partial charge < -0.3 is 14.9 Å². The molecule has 0 spiro atoms. The van der Waals surface area contributed by atoms with Gasteiger partial charge in [0.25, 0.3) is 0 Å². The quantitative estimate of drug-likeness (QED) is 0.694. The Kier molecular flexibility index (Phi) is 7.02. The van der Waals surface area contributed by atoms with E-state index in [-0.39, 0.29) is 31.0 Å². The number of likely N-dealkylation sites (N-methyl/N-ethyl adjacent to an activating group) is 1. The molecule has 1 aliphatic rings. The highest BCUT2D eigenvalue weighted by Gasteiger charge is 2.53. The molecule has 1 aromatic rings. The summed E-state index contributed by atoms with van der Waals surface area (Å²) in [5.41, 5.74) is 0.977. The highest BCUT2D eigenvalue weighted by Crippen LogP contribution is 2.42. The summed E-state index contributed by atoms with van der Waals surface area (Å²) in [4.78, 5) is 16.2. The van der Waals surface area contributed by atoms with Crippen LogP contribution in [0.1, 0.15) is 25.3 Å². The maximum Gasteiger partial charge on any atom is 0.237 e. The van der Waals surface area contributed by atoms with Crippen LogP contribution in [-0.4, -0.2) is 91.7 Å². The number of rotatable bonds is 8. The standard InChI is InChI=1S/C19H31N3O4S/c1-14(2)21(18(24)12-20(3)4)11-16-19(15-9-7-6-8-10-15)17(13-23)22(16)27(5,25)26/h6-10,14,16-17,19,23H,11-13H2,1-5H3/t16-,17-,19-/m0/s1. The maximum absolute atomic E-state index is 12.7. The number of hydrogen-bond acceptors (Lipinski definition) is 5. The van der Waals surface area contributed by atoms with Crippen LogP contribution in [0.5, 0.6) is 0 Å². The van der Waals surface area contributed by atoms with Crippen molar-refractivity contribution in [1.29, 1.82) is 0 Å². The molecule has 1 aliphatic heterocycles. The van der Waals surface area contributed by atoms with Crippen molar-refractivity contribution in [3.05, 3.63) is 35.9 Å². The van der Waals surface area contributed by atoms with Crippen LogP contribution in [-0.2, 0) is 14.8 Å². The van der Waals surface area contributed by atoms with Crippen LogP contribution < -0.4 is 0 Å². The number of carbonyl (C=O) groups is 1. The van der Waals surface area contributed by atoms with Crippen LogP contribution >= 0.6 is 0 Å². The number of nitrogens with zero attached hydrogens (tertiary/aromatic N) is 3. The van der Waals surface area contributed by atoms with E-state index >= 15 is 0 Å². The Hall–Kier alpha value is -1.48. The minimum absolute atomic E-state index is 0.0392. The fraction of sp³-hybridized carbons (Fsp3) is 0.632. The molecule has 0 unspecified atom stereocenters. The zero-order valence-corrected chi connectivity index (χ0v) is 17.6. The number of aliphatic hydroxyl groups excluding tert-OH is 1. The van der Waals surface area contributed by atoms with Crippen molar-refractivity contribution < 1.29 is 18.3 Å². The first-order chi connectivity index (χ1) is 12.6. The Balaban J connectivity index is 2.36. The van der Waals surface area contributed by atoms with E-state index in [1.54, 1.807) is 9.80 Å². The van der Waals surface area contributed by atoms with Gasteiger partial charge in [-0.3, -0.25) is 4.79 Å². The van der Waals surface area contributed by atoms with Gasteiger partial charge in [-0.05, 0) is 33.5 Å². The van der Waals surface area contributed by atoms with E-state index in [0.29, 0.717) is 6.54 Å². The van der Waals surface area contributed by atoms with E-state index in [2.05, 4.69) is 0 Å². The third-order valence-corrected chi connectivity index (χ3v) is 6.32. The van der Waals surface area contributed by atoms with Crippen LogP contribution in [0.3, 0.4) is 0 Å². The van der Waals surface area contributed by atoms with Gasteiger partial charge >= 0.3 is 0 Å². The number of carbonyl (C=O) groups excluding carboxylic acids is 1. The molecular weight excluding hydrogens is 366 g/mol. The van der Waals surface area contributed by atoms with Crippen LogP contribution in [0.15, 0.2) is 30.3 Å². The molecule has 3 atom stereocenters. The maximum atomic E-state index is 12.7. The average Bonchev–Trinajstić information content (AvgIpc) is 2.52. The van der Waals surface area contributed by atoms with Gasteiger partial charge in [0.05, 0.1) is 31.5 Å². The summed E-state index contributed by atoms with van der Waals surface area (Å²) in [6.45, 7) is 4.17. The molecule has 0 aliphatic carbocycles. The van der Waals surface area contributed by atoms with Crippen LogP contribution in [0.4, 0.5) is 0 Å². The molecule has 0 radical (unpaired) electrons. The zero-order chi connectivity index (χ0) is 20.4. The minimum atomic E-state index is -3.51. The lowest BCUT2D eigenvalue weighted by Gasteiger charge is -2.54. The minimum Gasteiger partial charge on any atom is -0.395 e. The van der Waals surface area contributed by atoms with Gasteiger partial charge in [0.1, 0.15) is 0 Å². The molecule has 0 aromatic heterocycles. The molecule has 1 N–H and O–H groups in total. The topological polar surface area (TPSA) is 81.2 Å². The average molecular weight is 398 g/mol. The van der Waals surface area contributed by atoms with Gasteiger partial charge in [0, 0.05) is 18.5 Å². The zero-order valence-electron chi connectivity index (χ0n) is 16.7. The normalized spacial score (nSPS) is 23.5. The first kappa shape index (κ1) is 21.8. The lowest BCUT2D eigenvalue weighted by molar-refractivity contribution is -0.135. The van der Waals surface area contributed by atoms with E-state index in [1.165, 1.54) is 4.31 Å². The Morgan fingerprint density at radius 1 is 1.19 bits per heavy atom. The summed E-state index contributed by atoms with van der Waals surface area (Å²) >= 11 is 0. The Morgan fingerprint density at radius 3 is 2.22 bits per heavy atom. The Bertz CT molecular complexity index is 737. The molecule has 8 heteroatoms. The lowest BCUT2D eigenvalue weighted by atomic mass is 9.77. The summed E-state index contributed by atoms with van der Waals surface area (Å²) in [6, 6.07) is 8.65. The van der Waals surface area contributed by atoms with E-state index in [4.69, 9.17) is 0 Å². The van der Waals surface area contributed by atoms with E-state index in [9.17, 15) is 18.3 Å². The number of amides is 1. The predicted molar refractivity (Wildman–Crippen MR) is 106 cm³/mol. The second-order valence-electron chi connectivity index (χ2n) is 7.72. The first-order valence-electron chi connectivity index (χ1n) is 9.16. The molecule has 27 heavy (non-hydrogen) atoms. The van der Waals surface area contributed by atoms with Crippen LogP contribution in [0.25, 0.3) is 0 Å². The smallest absolute Gasteiger partial charge is 0.237 e. The van der Waals surface area contributed by atoms with Gasteiger partial charge in [-0.25, -0.2) is 8.42 Å². The molecule has 1 fully saturated rings. The summed E-state index contributed by atoms with van der Waals surface area (Å²) < 4.78 is 26.1. The van der Waals surface area contributed by atoms with E-state index < -0.39 is 22.1 Å². The fourth-order valence-corrected chi connectivity index (χ4v) is 5.26. The molecule has 0 saturated carbocycles. The van der Waals surface area contributed by atoms with Gasteiger partial charge in [0.15, 0.2) is 0 Å². The molecule has 7 nitrogen and oxygen atoms in total. The molecular formula is C19H31N3O4S. The van der Waals surface area contributed by atoms with Gasteiger partial charge in [-0.15, -0.1) is 0 Å². The second-order valence-corrected chi connectivity index (χ2v) is 9.61. The van der Waals surface area contributed by atoms with Crippen molar-refractivity contribution in [2.75, 3.05) is 40.0 Å². The Labute approximate surface area is 162 Å². The molecule has 0 bridgehead atoms. The van der Waals surface area contributed by atoms with E-state index in [1.807, 2.05) is 58.3 Å². The largest absolute Gasteiger partial charge is 0.395 e. The third kappa shape index (κ3) is 4.87. The highest BCUT2D eigenvalue weighted by molar-refractivity contribution is 7.88. The molecule has 152 valence electrons. The second kappa shape index (κ2) is 8.68. The first-order valence-corrected chi connectivity index (χ1v) is 11.0. The van der Waals surface area contributed by atoms with E-state index in [0.717, 1.165) is 11.8 Å². The number of hydrogen-bond donors (Lipinski definition) is 1. The third-order valence-electron chi connectivity index (χ3n) is 5.02. The summed E-state index contributed by atoms with van der Waals surface area (Å²) in [6.07, 6.45) is 1.16. The van der Waals surface area contributed by atoms with Gasteiger partial charge in [-0.2, -0.15) is 4.31 Å². The molecule has 1 heterocycles. The van der Waals surface area contributed by atoms with Gasteiger partial charge in [-0.1, -0.05) is 30.3 Å². The van der Waals surface area contributed by atoms with Crippen molar-refractivity contribution >= 4 is 15.9 Å². The molecule has 1 saturated heterocycles.